The second-order valence-corrected chi connectivity index (χ2v) is 4.69. The Morgan fingerprint density at radius 2 is 1.86 bits per heavy atom. The number of hydrogen-bond donors (Lipinski definition) is 2. The van der Waals surface area contributed by atoms with Gasteiger partial charge in [-0.25, -0.2) is 0 Å². The highest BCUT2D eigenvalue weighted by Crippen LogP contribution is 2.09. The molecule has 0 aromatic rings. The molecule has 0 radical (unpaired) electrons. The van der Waals surface area contributed by atoms with Crippen molar-refractivity contribution in [3.8, 4) is 0 Å². The summed E-state index contributed by atoms with van der Waals surface area (Å²) in [7, 11) is 2.10. The van der Waals surface area contributed by atoms with Crippen LogP contribution < -0.4 is 5.73 Å². The van der Waals surface area contributed by atoms with Crippen LogP contribution in [0, 0.1) is 5.92 Å². The summed E-state index contributed by atoms with van der Waals surface area (Å²) in [6.07, 6.45) is 1.89. The van der Waals surface area contributed by atoms with Crippen LogP contribution in [0.25, 0.3) is 0 Å². The Hall–Kier alpha value is -0.120. The number of rotatable bonds is 7. The Labute approximate surface area is 88.3 Å². The molecular formula is C11H26N2O. The lowest BCUT2D eigenvalue weighted by Crippen LogP contribution is -2.40. The number of nitrogens with zero attached hydrogens (tertiary/aromatic N) is 1. The van der Waals surface area contributed by atoms with Crippen molar-refractivity contribution in [3.63, 3.8) is 0 Å². The van der Waals surface area contributed by atoms with Crippen molar-refractivity contribution in [1.82, 2.24) is 4.90 Å². The minimum Gasteiger partial charge on any atom is -0.396 e. The summed E-state index contributed by atoms with van der Waals surface area (Å²) in [4.78, 5) is 2.28. The predicted octanol–water partition coefficient (Wildman–Crippen LogP) is 1.06. The molecule has 0 saturated heterocycles. The monoisotopic (exact) mass is 202 g/mol. The van der Waals surface area contributed by atoms with E-state index in [4.69, 9.17) is 10.8 Å². The molecule has 0 heterocycles. The lowest BCUT2D eigenvalue weighted by molar-refractivity contribution is 0.198. The van der Waals surface area contributed by atoms with Gasteiger partial charge in [0.2, 0.25) is 0 Å². The van der Waals surface area contributed by atoms with Gasteiger partial charge in [0.05, 0.1) is 0 Å². The van der Waals surface area contributed by atoms with Crippen LogP contribution in [0.1, 0.15) is 33.6 Å². The molecule has 86 valence electrons. The fourth-order valence-corrected chi connectivity index (χ4v) is 1.67. The van der Waals surface area contributed by atoms with E-state index >= 15 is 0 Å². The van der Waals surface area contributed by atoms with Gasteiger partial charge < -0.3 is 15.7 Å². The van der Waals surface area contributed by atoms with Gasteiger partial charge in [-0.2, -0.15) is 0 Å². The maximum atomic E-state index is 8.74. The van der Waals surface area contributed by atoms with Gasteiger partial charge in [0.25, 0.3) is 0 Å². The molecule has 0 saturated carbocycles. The molecule has 0 aliphatic carbocycles. The van der Waals surface area contributed by atoms with Crippen LogP contribution in [0.2, 0.25) is 0 Å². The molecule has 0 aliphatic rings. The molecule has 0 amide bonds. The zero-order valence-corrected chi connectivity index (χ0v) is 10.0. The molecule has 3 heteroatoms. The molecule has 3 nitrogen and oxygen atoms in total. The molecule has 0 rings (SSSR count). The number of likely N-dealkylation sites (N-methyl/N-ethyl adjacent to an activating group) is 1. The number of hydrogen-bond acceptors (Lipinski definition) is 3. The highest BCUT2D eigenvalue weighted by molar-refractivity contribution is 4.71. The smallest absolute Gasteiger partial charge is 0.0446 e. The average molecular weight is 202 g/mol. The topological polar surface area (TPSA) is 49.5 Å². The molecule has 0 fully saturated rings. The van der Waals surface area contributed by atoms with Crippen molar-refractivity contribution in [2.45, 2.75) is 45.7 Å². The van der Waals surface area contributed by atoms with Gasteiger partial charge in [-0.05, 0) is 32.7 Å². The van der Waals surface area contributed by atoms with Gasteiger partial charge >= 0.3 is 0 Å². The van der Waals surface area contributed by atoms with E-state index in [1.807, 2.05) is 0 Å². The van der Waals surface area contributed by atoms with E-state index in [-0.39, 0.29) is 12.6 Å². The largest absolute Gasteiger partial charge is 0.396 e. The Bertz CT molecular complexity index is 139. The molecule has 2 unspecified atom stereocenters. The van der Waals surface area contributed by atoms with Crippen LogP contribution in [0.5, 0.6) is 0 Å². The van der Waals surface area contributed by atoms with Crippen molar-refractivity contribution in [3.05, 3.63) is 0 Å². The van der Waals surface area contributed by atoms with Crippen LogP contribution in [0.15, 0.2) is 0 Å². The van der Waals surface area contributed by atoms with Gasteiger partial charge in [0.1, 0.15) is 0 Å². The van der Waals surface area contributed by atoms with Crippen molar-refractivity contribution in [2.24, 2.45) is 11.7 Å². The Morgan fingerprint density at radius 1 is 1.29 bits per heavy atom. The first-order chi connectivity index (χ1) is 6.47. The first-order valence-corrected chi connectivity index (χ1v) is 5.54. The summed E-state index contributed by atoms with van der Waals surface area (Å²) in [5.74, 6) is 0.724. The third-order valence-corrected chi connectivity index (χ3v) is 2.59. The van der Waals surface area contributed by atoms with Gasteiger partial charge in [-0.15, -0.1) is 0 Å². The van der Waals surface area contributed by atoms with E-state index in [2.05, 4.69) is 32.7 Å². The molecule has 0 bridgehead atoms. The second kappa shape index (κ2) is 7.21. The molecule has 0 aliphatic heterocycles. The lowest BCUT2D eigenvalue weighted by atomic mass is 10.0. The maximum absolute atomic E-state index is 8.74. The van der Waals surface area contributed by atoms with Crippen LogP contribution in [-0.2, 0) is 0 Å². The molecule has 0 spiro atoms. The van der Waals surface area contributed by atoms with Crippen molar-refractivity contribution >= 4 is 0 Å². The molecular weight excluding hydrogens is 176 g/mol. The van der Waals surface area contributed by atoms with Gasteiger partial charge in [-0.3, -0.25) is 0 Å². The molecule has 0 aromatic carbocycles. The first-order valence-electron chi connectivity index (χ1n) is 5.54. The normalized spacial score (nSPS) is 16.3. The Morgan fingerprint density at radius 3 is 2.29 bits per heavy atom. The minimum atomic E-state index is 0.0969. The maximum Gasteiger partial charge on any atom is 0.0446 e. The second-order valence-electron chi connectivity index (χ2n) is 4.69. The van der Waals surface area contributed by atoms with E-state index in [9.17, 15) is 0 Å². The third kappa shape index (κ3) is 6.35. The fourth-order valence-electron chi connectivity index (χ4n) is 1.67. The summed E-state index contributed by atoms with van der Waals surface area (Å²) in [6, 6.07) is 0.666. The van der Waals surface area contributed by atoms with Crippen LogP contribution in [0.3, 0.4) is 0 Å². The summed E-state index contributed by atoms with van der Waals surface area (Å²) < 4.78 is 0. The van der Waals surface area contributed by atoms with E-state index in [1.165, 1.54) is 6.42 Å². The van der Waals surface area contributed by atoms with Crippen molar-refractivity contribution < 1.29 is 5.11 Å². The zero-order chi connectivity index (χ0) is 11.1. The first kappa shape index (κ1) is 13.9. The zero-order valence-electron chi connectivity index (χ0n) is 10.0. The van der Waals surface area contributed by atoms with Crippen molar-refractivity contribution in [1.29, 1.82) is 0 Å². The average Bonchev–Trinajstić information content (AvgIpc) is 2.02. The standard InChI is InChI=1S/C11H26N2O/c1-9(2)7-10(3)13(4)8-11(12)5-6-14/h9-11,14H,5-8,12H2,1-4H3. The number of aliphatic hydroxyl groups excluding tert-OH is 1. The summed E-state index contributed by atoms with van der Waals surface area (Å²) in [6.45, 7) is 7.75. The van der Waals surface area contributed by atoms with Crippen LogP contribution >= 0.6 is 0 Å². The summed E-state index contributed by atoms with van der Waals surface area (Å²) in [5.41, 5.74) is 5.85. The van der Waals surface area contributed by atoms with Crippen LogP contribution in [-0.4, -0.2) is 42.3 Å². The lowest BCUT2D eigenvalue weighted by Gasteiger charge is -2.28. The minimum absolute atomic E-state index is 0.0969. The quantitative estimate of drug-likeness (QED) is 0.649. The Balaban J connectivity index is 3.76. The molecule has 14 heavy (non-hydrogen) atoms. The highest BCUT2D eigenvalue weighted by atomic mass is 16.3. The Kier molecular flexibility index (Phi) is 7.15. The van der Waals surface area contributed by atoms with Gasteiger partial charge in [0.15, 0.2) is 0 Å². The molecule has 0 aromatic heterocycles. The molecule has 2 atom stereocenters. The number of nitrogens with two attached hydrogens (primary N) is 1. The third-order valence-electron chi connectivity index (χ3n) is 2.59. The van der Waals surface area contributed by atoms with E-state index in [0.29, 0.717) is 12.5 Å². The summed E-state index contributed by atoms with van der Waals surface area (Å²) >= 11 is 0. The van der Waals surface area contributed by atoms with Gasteiger partial charge in [-0.1, -0.05) is 13.8 Å². The van der Waals surface area contributed by atoms with E-state index in [1.54, 1.807) is 0 Å². The highest BCUT2D eigenvalue weighted by Gasteiger charge is 2.13. The fraction of sp³-hybridized carbons (Fsp3) is 1.00. The van der Waals surface area contributed by atoms with Crippen molar-refractivity contribution in [2.75, 3.05) is 20.2 Å². The SMILES string of the molecule is CC(C)CC(C)N(C)CC(N)CCO. The predicted molar refractivity (Wildman–Crippen MR) is 61.2 cm³/mol. The van der Waals surface area contributed by atoms with E-state index < -0.39 is 0 Å². The number of aliphatic hydroxyl groups is 1. The van der Waals surface area contributed by atoms with E-state index in [0.717, 1.165) is 12.5 Å². The summed E-state index contributed by atoms with van der Waals surface area (Å²) in [5, 5.41) is 8.74. The van der Waals surface area contributed by atoms with Crippen LogP contribution in [0.4, 0.5) is 0 Å². The van der Waals surface area contributed by atoms with Gasteiger partial charge in [0, 0.05) is 25.2 Å². The molecule has 3 N–H and O–H groups in total.